The number of fused-ring (bicyclic) bond motifs is 1. The van der Waals surface area contributed by atoms with Crippen molar-refractivity contribution in [1.29, 1.82) is 0 Å². The van der Waals surface area contributed by atoms with E-state index in [1.165, 1.54) is 7.05 Å². The van der Waals surface area contributed by atoms with E-state index in [-0.39, 0.29) is 17.4 Å². The lowest BCUT2D eigenvalue weighted by Gasteiger charge is -2.11. The summed E-state index contributed by atoms with van der Waals surface area (Å²) in [7, 11) is 3.32. The van der Waals surface area contributed by atoms with Crippen molar-refractivity contribution >= 4 is 40.1 Å². The average Bonchev–Trinajstić information content (AvgIpc) is 3.08. The molecule has 0 aliphatic rings. The maximum atomic E-state index is 13.3. The molecule has 7 nitrogen and oxygen atoms in total. The monoisotopic (exact) mass is 433 g/mol. The van der Waals surface area contributed by atoms with Crippen LogP contribution in [-0.4, -0.2) is 33.6 Å². The van der Waals surface area contributed by atoms with Crippen molar-refractivity contribution in [2.24, 2.45) is 7.05 Å². The van der Waals surface area contributed by atoms with Crippen LogP contribution in [0.25, 0.3) is 22.3 Å². The van der Waals surface area contributed by atoms with Crippen molar-refractivity contribution in [3.05, 3.63) is 76.4 Å². The summed E-state index contributed by atoms with van der Waals surface area (Å²) in [5.74, 6) is -0.660. The molecule has 2 aromatic carbocycles. The van der Waals surface area contributed by atoms with Gasteiger partial charge in [0.15, 0.2) is 5.65 Å². The Kier molecular flexibility index (Phi) is 5.44. The highest BCUT2D eigenvalue weighted by Gasteiger charge is 2.20. The minimum Gasteiger partial charge on any atom is -0.355 e. The third-order valence-electron chi connectivity index (χ3n) is 4.98. The molecule has 0 atom stereocenters. The van der Waals surface area contributed by atoms with Crippen LogP contribution in [0, 0.1) is 6.92 Å². The average molecular weight is 434 g/mol. The van der Waals surface area contributed by atoms with Crippen molar-refractivity contribution in [3.63, 3.8) is 0 Å². The highest BCUT2D eigenvalue weighted by molar-refractivity contribution is 6.34. The van der Waals surface area contributed by atoms with Crippen molar-refractivity contribution in [3.8, 4) is 11.3 Å². The second kappa shape index (κ2) is 8.20. The predicted molar refractivity (Wildman–Crippen MR) is 121 cm³/mol. The van der Waals surface area contributed by atoms with E-state index in [0.29, 0.717) is 38.7 Å². The van der Waals surface area contributed by atoms with Crippen LogP contribution in [0.2, 0.25) is 5.02 Å². The molecule has 0 aliphatic heterocycles. The van der Waals surface area contributed by atoms with Gasteiger partial charge in [-0.2, -0.15) is 5.10 Å². The Morgan fingerprint density at radius 3 is 2.45 bits per heavy atom. The van der Waals surface area contributed by atoms with Gasteiger partial charge in [0.1, 0.15) is 0 Å². The minimum absolute atomic E-state index is 0.282. The molecule has 2 N–H and O–H groups in total. The summed E-state index contributed by atoms with van der Waals surface area (Å²) in [6.07, 6.45) is 0. The largest absolute Gasteiger partial charge is 0.355 e. The standard InChI is InChI=1S/C23H20ClN5O2/c1-13-20-17(23(31)26-15-9-10-18(24)16(11-15)22(30)25-2)12-19(14-7-5-4-6-8-14)27-21(20)29(3)28-13/h4-12H,1-3H3,(H,25,30)(H,26,31). The van der Waals surface area contributed by atoms with Crippen molar-refractivity contribution in [1.82, 2.24) is 20.1 Å². The molecular formula is C23H20ClN5O2. The van der Waals surface area contributed by atoms with Gasteiger partial charge in [0.05, 0.1) is 32.9 Å². The van der Waals surface area contributed by atoms with Crippen LogP contribution in [-0.2, 0) is 7.05 Å². The summed E-state index contributed by atoms with van der Waals surface area (Å²) in [6.45, 7) is 1.84. The molecule has 31 heavy (non-hydrogen) atoms. The molecular weight excluding hydrogens is 414 g/mol. The fourth-order valence-electron chi connectivity index (χ4n) is 3.49. The maximum absolute atomic E-state index is 13.3. The van der Waals surface area contributed by atoms with Crippen LogP contribution < -0.4 is 10.6 Å². The Bertz CT molecular complexity index is 1310. The molecule has 0 aliphatic carbocycles. The smallest absolute Gasteiger partial charge is 0.256 e. The van der Waals surface area contributed by atoms with E-state index in [1.807, 2.05) is 37.3 Å². The SMILES string of the molecule is CNC(=O)c1cc(NC(=O)c2cc(-c3ccccc3)nc3c2c(C)nn3C)ccc1Cl. The number of hydrogen-bond donors (Lipinski definition) is 2. The molecule has 2 aromatic heterocycles. The van der Waals surface area contributed by atoms with Crippen LogP contribution in [0.1, 0.15) is 26.4 Å². The number of pyridine rings is 1. The number of benzene rings is 2. The van der Waals surface area contributed by atoms with Gasteiger partial charge in [-0.25, -0.2) is 4.98 Å². The first kappa shape index (κ1) is 20.6. The van der Waals surface area contributed by atoms with E-state index in [2.05, 4.69) is 15.7 Å². The van der Waals surface area contributed by atoms with Gasteiger partial charge in [-0.05, 0) is 31.2 Å². The normalized spacial score (nSPS) is 10.8. The topological polar surface area (TPSA) is 88.9 Å². The second-order valence-corrected chi connectivity index (χ2v) is 7.46. The van der Waals surface area contributed by atoms with Gasteiger partial charge in [0, 0.05) is 25.3 Å². The number of nitrogens with zero attached hydrogens (tertiary/aromatic N) is 3. The van der Waals surface area contributed by atoms with Gasteiger partial charge in [0.25, 0.3) is 11.8 Å². The number of carbonyl (C=O) groups is 2. The number of amides is 2. The van der Waals surface area contributed by atoms with E-state index < -0.39 is 0 Å². The quantitative estimate of drug-likeness (QED) is 0.504. The van der Waals surface area contributed by atoms with Crippen molar-refractivity contribution in [2.75, 3.05) is 12.4 Å². The van der Waals surface area contributed by atoms with Crippen LogP contribution in [0.4, 0.5) is 5.69 Å². The lowest BCUT2D eigenvalue weighted by molar-refractivity contribution is 0.0961. The fraction of sp³-hybridized carbons (Fsp3) is 0.130. The van der Waals surface area contributed by atoms with E-state index >= 15 is 0 Å². The van der Waals surface area contributed by atoms with Gasteiger partial charge in [0.2, 0.25) is 0 Å². The zero-order valence-electron chi connectivity index (χ0n) is 17.2. The lowest BCUT2D eigenvalue weighted by atomic mass is 10.0. The highest BCUT2D eigenvalue weighted by atomic mass is 35.5. The van der Waals surface area contributed by atoms with E-state index in [0.717, 1.165) is 5.56 Å². The lowest BCUT2D eigenvalue weighted by Crippen LogP contribution is -2.19. The molecule has 0 spiro atoms. The van der Waals surface area contributed by atoms with E-state index in [4.69, 9.17) is 16.6 Å². The number of aromatic nitrogens is 3. The summed E-state index contributed by atoms with van der Waals surface area (Å²) in [4.78, 5) is 30.1. The molecule has 0 fully saturated rings. The zero-order valence-corrected chi connectivity index (χ0v) is 18.0. The number of hydrogen-bond acceptors (Lipinski definition) is 4. The van der Waals surface area contributed by atoms with Crippen LogP contribution in [0.5, 0.6) is 0 Å². The molecule has 4 aromatic rings. The number of carbonyl (C=O) groups excluding carboxylic acids is 2. The molecule has 0 saturated heterocycles. The van der Waals surface area contributed by atoms with Crippen LogP contribution in [0.15, 0.2) is 54.6 Å². The number of anilines is 1. The van der Waals surface area contributed by atoms with Gasteiger partial charge in [-0.1, -0.05) is 41.9 Å². The number of rotatable bonds is 4. The zero-order chi connectivity index (χ0) is 22.1. The van der Waals surface area contributed by atoms with Crippen LogP contribution in [0.3, 0.4) is 0 Å². The van der Waals surface area contributed by atoms with Crippen molar-refractivity contribution in [2.45, 2.75) is 6.92 Å². The number of aryl methyl sites for hydroxylation is 2. The summed E-state index contributed by atoms with van der Waals surface area (Å²) < 4.78 is 1.67. The van der Waals surface area contributed by atoms with Gasteiger partial charge >= 0.3 is 0 Å². The summed E-state index contributed by atoms with van der Waals surface area (Å²) in [5, 5.41) is 10.8. The predicted octanol–water partition coefficient (Wildman–Crippen LogP) is 4.21. The first-order valence-electron chi connectivity index (χ1n) is 9.61. The molecule has 2 amide bonds. The second-order valence-electron chi connectivity index (χ2n) is 7.06. The molecule has 0 bridgehead atoms. The fourth-order valence-corrected chi connectivity index (χ4v) is 3.69. The number of nitrogens with one attached hydrogen (secondary N) is 2. The summed E-state index contributed by atoms with van der Waals surface area (Å²) >= 11 is 6.12. The molecule has 0 saturated carbocycles. The third kappa shape index (κ3) is 3.87. The summed E-state index contributed by atoms with van der Waals surface area (Å²) in [5.41, 5.74) is 4.08. The van der Waals surface area contributed by atoms with Crippen molar-refractivity contribution < 1.29 is 9.59 Å². The Morgan fingerprint density at radius 2 is 1.74 bits per heavy atom. The summed E-state index contributed by atoms with van der Waals surface area (Å²) in [6, 6.07) is 16.2. The molecule has 4 rings (SSSR count). The molecule has 0 radical (unpaired) electrons. The highest BCUT2D eigenvalue weighted by Crippen LogP contribution is 2.28. The first-order valence-corrected chi connectivity index (χ1v) is 9.99. The molecule has 8 heteroatoms. The Balaban J connectivity index is 1.80. The molecule has 156 valence electrons. The maximum Gasteiger partial charge on any atom is 0.256 e. The minimum atomic E-state index is -0.332. The molecule has 2 heterocycles. The molecule has 0 unspecified atom stereocenters. The van der Waals surface area contributed by atoms with E-state index in [9.17, 15) is 9.59 Å². The van der Waals surface area contributed by atoms with Crippen LogP contribution >= 0.6 is 11.6 Å². The first-order chi connectivity index (χ1) is 14.9. The van der Waals surface area contributed by atoms with Gasteiger partial charge < -0.3 is 10.6 Å². The third-order valence-corrected chi connectivity index (χ3v) is 5.31. The van der Waals surface area contributed by atoms with Gasteiger partial charge in [-0.15, -0.1) is 0 Å². The Hall–Kier alpha value is -3.71. The number of halogens is 1. The van der Waals surface area contributed by atoms with E-state index in [1.54, 1.807) is 36.0 Å². The Morgan fingerprint density at radius 1 is 1.00 bits per heavy atom. The Labute approximate surface area is 184 Å². The van der Waals surface area contributed by atoms with Gasteiger partial charge in [-0.3, -0.25) is 14.3 Å².